The molecule has 3 N–H and O–H groups in total. The number of carbonyl (C=O) groups excluding carboxylic acids is 2. The molecule has 4 nitrogen and oxygen atoms in total. The van der Waals surface area contributed by atoms with Crippen molar-refractivity contribution in [1.82, 2.24) is 5.32 Å². The fraction of sp³-hybridized carbons (Fsp3) is 0.273. The van der Waals surface area contributed by atoms with Gasteiger partial charge in [0.1, 0.15) is 11.9 Å². The Balaban J connectivity index is 2.80. The molecule has 0 bridgehead atoms. The zero-order valence-corrected chi connectivity index (χ0v) is 9.50. The van der Waals surface area contributed by atoms with Crippen LogP contribution in [0.3, 0.4) is 0 Å². The van der Waals surface area contributed by atoms with Crippen LogP contribution in [0.4, 0.5) is 17.6 Å². The minimum Gasteiger partial charge on any atom is -0.368 e. The molecule has 1 rings (SSSR count). The van der Waals surface area contributed by atoms with E-state index in [1.165, 1.54) is 17.4 Å². The first-order valence-electron chi connectivity index (χ1n) is 5.11. The SMILES string of the molecule is NC(=O)C(Cc1cccc(F)c1)NC(=O)C(F)(F)F. The van der Waals surface area contributed by atoms with Gasteiger partial charge >= 0.3 is 12.1 Å². The highest BCUT2D eigenvalue weighted by Gasteiger charge is 2.40. The van der Waals surface area contributed by atoms with E-state index in [0.29, 0.717) is 0 Å². The van der Waals surface area contributed by atoms with Crippen LogP contribution < -0.4 is 11.1 Å². The minimum absolute atomic E-state index is 0.242. The predicted octanol–water partition coefficient (Wildman–Crippen LogP) is 0.901. The molecule has 0 saturated carbocycles. The monoisotopic (exact) mass is 278 g/mol. The van der Waals surface area contributed by atoms with E-state index in [1.807, 2.05) is 0 Å². The molecule has 2 amide bonds. The summed E-state index contributed by atoms with van der Waals surface area (Å²) in [5, 5.41) is 1.46. The van der Waals surface area contributed by atoms with Gasteiger partial charge in [0.05, 0.1) is 0 Å². The molecular weight excluding hydrogens is 268 g/mol. The molecule has 1 atom stereocenters. The van der Waals surface area contributed by atoms with Crippen LogP contribution in [0.15, 0.2) is 24.3 Å². The van der Waals surface area contributed by atoms with Gasteiger partial charge < -0.3 is 11.1 Å². The molecule has 0 heterocycles. The normalized spacial score (nSPS) is 12.8. The average Bonchev–Trinajstić information content (AvgIpc) is 2.26. The lowest BCUT2D eigenvalue weighted by atomic mass is 10.1. The number of halogens is 4. The smallest absolute Gasteiger partial charge is 0.368 e. The summed E-state index contributed by atoms with van der Waals surface area (Å²) in [4.78, 5) is 21.7. The van der Waals surface area contributed by atoms with Gasteiger partial charge in [-0.2, -0.15) is 13.2 Å². The molecule has 8 heteroatoms. The van der Waals surface area contributed by atoms with E-state index in [-0.39, 0.29) is 12.0 Å². The molecule has 1 aromatic rings. The molecule has 0 aliphatic carbocycles. The molecular formula is C11H10F4N2O2. The molecule has 0 fully saturated rings. The molecule has 0 aromatic heterocycles. The highest BCUT2D eigenvalue weighted by atomic mass is 19.4. The molecule has 0 spiro atoms. The Hall–Kier alpha value is -2.12. The number of hydrogen-bond donors (Lipinski definition) is 2. The van der Waals surface area contributed by atoms with Gasteiger partial charge in [0.2, 0.25) is 5.91 Å². The zero-order valence-electron chi connectivity index (χ0n) is 9.50. The van der Waals surface area contributed by atoms with Crippen molar-refractivity contribution in [3.63, 3.8) is 0 Å². The van der Waals surface area contributed by atoms with Crippen molar-refractivity contribution < 1.29 is 27.2 Å². The number of primary amides is 1. The van der Waals surface area contributed by atoms with Gasteiger partial charge in [0, 0.05) is 6.42 Å². The van der Waals surface area contributed by atoms with Gasteiger partial charge in [-0.05, 0) is 17.7 Å². The summed E-state index contributed by atoms with van der Waals surface area (Å²) in [5.74, 6) is -4.02. The molecule has 1 unspecified atom stereocenters. The van der Waals surface area contributed by atoms with Crippen molar-refractivity contribution in [2.75, 3.05) is 0 Å². The zero-order chi connectivity index (χ0) is 14.6. The van der Waals surface area contributed by atoms with E-state index >= 15 is 0 Å². The van der Waals surface area contributed by atoms with E-state index in [0.717, 1.165) is 12.1 Å². The van der Waals surface area contributed by atoms with Crippen LogP contribution in [0.5, 0.6) is 0 Å². The van der Waals surface area contributed by atoms with Crippen molar-refractivity contribution in [2.24, 2.45) is 5.73 Å². The van der Waals surface area contributed by atoms with Gasteiger partial charge in [0.25, 0.3) is 0 Å². The third-order valence-corrected chi connectivity index (χ3v) is 2.24. The fourth-order valence-corrected chi connectivity index (χ4v) is 1.36. The molecule has 0 aliphatic heterocycles. The highest BCUT2D eigenvalue weighted by Crippen LogP contribution is 2.15. The van der Waals surface area contributed by atoms with Gasteiger partial charge in [-0.15, -0.1) is 0 Å². The number of benzene rings is 1. The first kappa shape index (κ1) is 14.9. The van der Waals surface area contributed by atoms with Crippen molar-refractivity contribution in [3.05, 3.63) is 35.6 Å². The van der Waals surface area contributed by atoms with E-state index in [1.54, 1.807) is 0 Å². The maximum Gasteiger partial charge on any atom is 0.471 e. The Kier molecular flexibility index (Phi) is 4.47. The molecule has 19 heavy (non-hydrogen) atoms. The summed E-state index contributed by atoms with van der Waals surface area (Å²) in [5.41, 5.74) is 5.14. The van der Waals surface area contributed by atoms with Gasteiger partial charge in [-0.1, -0.05) is 12.1 Å². The molecule has 0 radical (unpaired) electrons. The Morgan fingerprint density at radius 3 is 2.42 bits per heavy atom. The predicted molar refractivity (Wildman–Crippen MR) is 57.3 cm³/mol. The maximum atomic E-state index is 12.9. The third kappa shape index (κ3) is 4.57. The largest absolute Gasteiger partial charge is 0.471 e. The Bertz CT molecular complexity index is 488. The molecule has 0 saturated heterocycles. The van der Waals surface area contributed by atoms with Gasteiger partial charge in [0.15, 0.2) is 0 Å². The summed E-state index contributed by atoms with van der Waals surface area (Å²) in [7, 11) is 0. The number of hydrogen-bond acceptors (Lipinski definition) is 2. The summed E-state index contributed by atoms with van der Waals surface area (Å²) in [6.07, 6.45) is -5.44. The van der Waals surface area contributed by atoms with Crippen LogP contribution >= 0.6 is 0 Å². The maximum absolute atomic E-state index is 12.9. The first-order chi connectivity index (χ1) is 8.70. The van der Waals surface area contributed by atoms with E-state index in [4.69, 9.17) is 5.73 Å². The van der Waals surface area contributed by atoms with Crippen LogP contribution in [0.2, 0.25) is 0 Å². The second kappa shape index (κ2) is 5.68. The number of alkyl halides is 3. The van der Waals surface area contributed by atoms with Gasteiger partial charge in [-0.3, -0.25) is 9.59 Å². The van der Waals surface area contributed by atoms with Crippen LogP contribution in [0.1, 0.15) is 5.56 Å². The number of nitrogens with one attached hydrogen (secondary N) is 1. The lowest BCUT2D eigenvalue weighted by Crippen LogP contribution is -2.50. The summed E-state index contributed by atoms with van der Waals surface area (Å²) < 4.78 is 49.0. The number of carbonyl (C=O) groups is 2. The highest BCUT2D eigenvalue weighted by molar-refractivity contribution is 5.89. The first-order valence-corrected chi connectivity index (χ1v) is 5.11. The number of amides is 2. The summed E-state index contributed by atoms with van der Waals surface area (Å²) >= 11 is 0. The lowest BCUT2D eigenvalue weighted by Gasteiger charge is -2.16. The Morgan fingerprint density at radius 1 is 1.32 bits per heavy atom. The van der Waals surface area contributed by atoms with E-state index in [2.05, 4.69) is 0 Å². The second-order valence-corrected chi connectivity index (χ2v) is 3.76. The van der Waals surface area contributed by atoms with Crippen molar-refractivity contribution in [3.8, 4) is 0 Å². The standard InChI is InChI=1S/C11H10F4N2O2/c12-7-3-1-2-6(4-7)5-8(9(16)18)17-10(19)11(13,14)15/h1-4,8H,5H2,(H2,16,18)(H,17,19). The van der Waals surface area contributed by atoms with Gasteiger partial charge in [-0.25, -0.2) is 4.39 Å². The van der Waals surface area contributed by atoms with Crippen molar-refractivity contribution in [1.29, 1.82) is 0 Å². The quantitative estimate of drug-likeness (QED) is 0.803. The van der Waals surface area contributed by atoms with E-state index < -0.39 is 29.8 Å². The van der Waals surface area contributed by atoms with Crippen molar-refractivity contribution >= 4 is 11.8 Å². The molecule has 1 aromatic carbocycles. The topological polar surface area (TPSA) is 72.2 Å². The Labute approximate surface area is 105 Å². The summed E-state index contributed by atoms with van der Waals surface area (Å²) in [6, 6.07) is 3.34. The Morgan fingerprint density at radius 2 is 1.95 bits per heavy atom. The van der Waals surface area contributed by atoms with Crippen LogP contribution in [-0.2, 0) is 16.0 Å². The number of rotatable bonds is 4. The number of nitrogens with two attached hydrogens (primary N) is 1. The second-order valence-electron chi connectivity index (χ2n) is 3.76. The van der Waals surface area contributed by atoms with Crippen molar-refractivity contribution in [2.45, 2.75) is 18.6 Å². The molecule has 0 aliphatic rings. The molecule has 104 valence electrons. The van der Waals surface area contributed by atoms with Crippen LogP contribution in [-0.4, -0.2) is 24.0 Å². The summed E-state index contributed by atoms with van der Waals surface area (Å²) in [6.45, 7) is 0. The van der Waals surface area contributed by atoms with E-state index in [9.17, 15) is 27.2 Å². The van der Waals surface area contributed by atoms with Crippen LogP contribution in [0, 0.1) is 5.82 Å². The van der Waals surface area contributed by atoms with Crippen LogP contribution in [0.25, 0.3) is 0 Å². The minimum atomic E-state index is -5.12. The average molecular weight is 278 g/mol. The lowest BCUT2D eigenvalue weighted by molar-refractivity contribution is -0.174. The fourth-order valence-electron chi connectivity index (χ4n) is 1.36. The third-order valence-electron chi connectivity index (χ3n) is 2.24.